The Morgan fingerprint density at radius 2 is 1.96 bits per heavy atom. The van der Waals surface area contributed by atoms with Gasteiger partial charge in [-0.2, -0.15) is 0 Å². The zero-order valence-electron chi connectivity index (χ0n) is 13.9. The first kappa shape index (κ1) is 17.1. The first-order valence-electron chi connectivity index (χ1n) is 7.65. The highest BCUT2D eigenvalue weighted by atomic mass is 16.6. The van der Waals surface area contributed by atoms with Crippen molar-refractivity contribution in [3.05, 3.63) is 33.9 Å². The van der Waals surface area contributed by atoms with Crippen molar-refractivity contribution in [1.82, 2.24) is 5.32 Å². The summed E-state index contributed by atoms with van der Waals surface area (Å²) in [5.74, 6) is 0. The van der Waals surface area contributed by atoms with Gasteiger partial charge in [0.2, 0.25) is 0 Å². The van der Waals surface area contributed by atoms with Crippen molar-refractivity contribution in [1.29, 1.82) is 0 Å². The van der Waals surface area contributed by atoms with Gasteiger partial charge in [-0.3, -0.25) is 10.1 Å². The first-order chi connectivity index (χ1) is 10.6. The number of ether oxygens (including phenoxy) is 1. The van der Waals surface area contributed by atoms with E-state index in [-0.39, 0.29) is 22.7 Å². The summed E-state index contributed by atoms with van der Waals surface area (Å²) in [7, 11) is 0. The molecule has 7 nitrogen and oxygen atoms in total. The Bertz CT molecular complexity index is 604. The average molecular weight is 321 g/mol. The van der Waals surface area contributed by atoms with Crippen molar-refractivity contribution in [2.75, 3.05) is 5.32 Å². The van der Waals surface area contributed by atoms with Crippen LogP contribution in [0, 0.1) is 17.0 Å². The molecule has 0 atom stereocenters. The smallest absolute Gasteiger partial charge is 0.407 e. The van der Waals surface area contributed by atoms with Crippen LogP contribution in [0.2, 0.25) is 0 Å². The third-order valence-corrected chi connectivity index (χ3v) is 3.64. The van der Waals surface area contributed by atoms with E-state index >= 15 is 0 Å². The van der Waals surface area contributed by atoms with E-state index in [9.17, 15) is 14.9 Å². The molecule has 1 aromatic carbocycles. The number of hydrogen-bond donors (Lipinski definition) is 2. The number of nitrogens with one attached hydrogen (secondary N) is 2. The summed E-state index contributed by atoms with van der Waals surface area (Å²) in [6.07, 6.45) is 1.12. The van der Waals surface area contributed by atoms with Gasteiger partial charge in [0.05, 0.1) is 4.92 Å². The van der Waals surface area contributed by atoms with E-state index in [1.165, 1.54) is 0 Å². The third kappa shape index (κ3) is 4.84. The summed E-state index contributed by atoms with van der Waals surface area (Å²) >= 11 is 0. The molecule has 0 heterocycles. The van der Waals surface area contributed by atoms with Crippen LogP contribution in [0.5, 0.6) is 0 Å². The molecule has 1 aliphatic rings. The minimum Gasteiger partial charge on any atom is -0.444 e. The second kappa shape index (κ2) is 6.44. The van der Waals surface area contributed by atoms with E-state index in [2.05, 4.69) is 10.6 Å². The molecule has 0 radical (unpaired) electrons. The molecule has 0 aliphatic heterocycles. The van der Waals surface area contributed by atoms with Crippen molar-refractivity contribution in [2.24, 2.45) is 0 Å². The van der Waals surface area contributed by atoms with E-state index in [0.29, 0.717) is 5.56 Å². The van der Waals surface area contributed by atoms with Crippen LogP contribution in [-0.4, -0.2) is 28.7 Å². The minimum atomic E-state index is -0.508. The molecule has 23 heavy (non-hydrogen) atoms. The summed E-state index contributed by atoms with van der Waals surface area (Å²) in [4.78, 5) is 22.2. The number of nitro groups is 1. The Kier molecular flexibility index (Phi) is 4.77. The minimum absolute atomic E-state index is 0.0720. The maximum Gasteiger partial charge on any atom is 0.407 e. The van der Waals surface area contributed by atoms with E-state index < -0.39 is 11.7 Å². The molecule has 1 amide bonds. The van der Waals surface area contributed by atoms with Crippen molar-refractivity contribution in [3.63, 3.8) is 0 Å². The van der Waals surface area contributed by atoms with Gasteiger partial charge in [0.1, 0.15) is 5.60 Å². The molecule has 2 N–H and O–H groups in total. The van der Waals surface area contributed by atoms with E-state index in [1.807, 2.05) is 26.8 Å². The second-order valence-electron chi connectivity index (χ2n) is 6.91. The van der Waals surface area contributed by atoms with Crippen LogP contribution in [0.15, 0.2) is 18.2 Å². The standard InChI is InChI=1S/C16H23N3O4/c1-10-5-6-11(9-14(10)19(21)22)17-12-7-13(8-12)18-15(20)23-16(2,3)4/h5-6,9,12-13,17H,7-8H2,1-4H3,(H,18,20). The number of benzene rings is 1. The van der Waals surface area contributed by atoms with Crippen LogP contribution in [0.4, 0.5) is 16.2 Å². The van der Waals surface area contributed by atoms with Gasteiger partial charge < -0.3 is 15.4 Å². The van der Waals surface area contributed by atoms with Crippen LogP contribution < -0.4 is 10.6 Å². The molecular weight excluding hydrogens is 298 g/mol. The molecule has 0 saturated heterocycles. The van der Waals surface area contributed by atoms with Crippen molar-refractivity contribution in [2.45, 2.75) is 58.2 Å². The van der Waals surface area contributed by atoms with E-state index in [4.69, 9.17) is 4.74 Å². The topological polar surface area (TPSA) is 93.5 Å². The second-order valence-corrected chi connectivity index (χ2v) is 6.91. The van der Waals surface area contributed by atoms with Gasteiger partial charge in [-0.15, -0.1) is 0 Å². The molecule has 1 aromatic rings. The maximum absolute atomic E-state index is 11.7. The van der Waals surface area contributed by atoms with Crippen molar-refractivity contribution >= 4 is 17.5 Å². The lowest BCUT2D eigenvalue weighted by Gasteiger charge is -2.37. The predicted octanol–water partition coefficient (Wildman–Crippen LogP) is 3.37. The van der Waals surface area contributed by atoms with Crippen LogP contribution in [0.25, 0.3) is 0 Å². The van der Waals surface area contributed by atoms with E-state index in [1.54, 1.807) is 19.1 Å². The number of alkyl carbamates (subject to hydrolysis) is 1. The number of hydrogen-bond acceptors (Lipinski definition) is 5. The van der Waals surface area contributed by atoms with Gasteiger partial charge in [0.25, 0.3) is 5.69 Å². The van der Waals surface area contributed by atoms with Gasteiger partial charge >= 0.3 is 6.09 Å². The molecule has 0 spiro atoms. The fourth-order valence-corrected chi connectivity index (χ4v) is 2.46. The van der Waals surface area contributed by atoms with Crippen molar-refractivity contribution < 1.29 is 14.5 Å². The maximum atomic E-state index is 11.7. The van der Waals surface area contributed by atoms with Crippen molar-refractivity contribution in [3.8, 4) is 0 Å². The fourth-order valence-electron chi connectivity index (χ4n) is 2.46. The number of nitrogens with zero attached hydrogens (tertiary/aromatic N) is 1. The molecule has 1 fully saturated rings. The molecule has 0 aromatic heterocycles. The molecule has 1 aliphatic carbocycles. The average Bonchev–Trinajstić information content (AvgIpc) is 2.35. The lowest BCUT2D eigenvalue weighted by Crippen LogP contribution is -2.50. The van der Waals surface area contributed by atoms with Gasteiger partial charge in [0, 0.05) is 29.4 Å². The molecule has 2 rings (SSSR count). The fraction of sp³-hybridized carbons (Fsp3) is 0.562. The lowest BCUT2D eigenvalue weighted by molar-refractivity contribution is -0.385. The van der Waals surface area contributed by atoms with Crippen LogP contribution in [0.3, 0.4) is 0 Å². The van der Waals surface area contributed by atoms with Gasteiger partial charge in [-0.05, 0) is 46.6 Å². The largest absolute Gasteiger partial charge is 0.444 e. The monoisotopic (exact) mass is 321 g/mol. The number of aryl methyl sites for hydroxylation is 1. The number of carbonyl (C=O) groups is 1. The summed E-state index contributed by atoms with van der Waals surface area (Å²) in [5.41, 5.74) is 0.964. The summed E-state index contributed by atoms with van der Waals surface area (Å²) in [6.45, 7) is 7.18. The van der Waals surface area contributed by atoms with Gasteiger partial charge in [-0.1, -0.05) is 6.07 Å². The van der Waals surface area contributed by atoms with Crippen LogP contribution in [0.1, 0.15) is 39.2 Å². The SMILES string of the molecule is Cc1ccc(NC2CC(NC(=O)OC(C)(C)C)C2)cc1[N+](=O)[O-]. The highest BCUT2D eigenvalue weighted by Gasteiger charge is 2.31. The summed E-state index contributed by atoms with van der Waals surface area (Å²) in [6, 6.07) is 5.37. The van der Waals surface area contributed by atoms with Gasteiger partial charge in [0.15, 0.2) is 0 Å². The number of amides is 1. The molecule has 0 unspecified atom stereocenters. The normalized spacial score (nSPS) is 20.3. The molecular formula is C16H23N3O4. The molecule has 7 heteroatoms. The molecule has 1 saturated carbocycles. The predicted molar refractivity (Wildman–Crippen MR) is 87.6 cm³/mol. The number of anilines is 1. The number of rotatable bonds is 4. The summed E-state index contributed by atoms with van der Waals surface area (Å²) in [5, 5.41) is 17.0. The number of nitro benzene ring substituents is 1. The van der Waals surface area contributed by atoms with E-state index in [0.717, 1.165) is 18.5 Å². The lowest BCUT2D eigenvalue weighted by atomic mass is 9.86. The Balaban J connectivity index is 1.81. The molecule has 0 bridgehead atoms. The Labute approximate surface area is 135 Å². The zero-order chi connectivity index (χ0) is 17.2. The Morgan fingerprint density at radius 3 is 2.52 bits per heavy atom. The van der Waals surface area contributed by atoms with Crippen LogP contribution >= 0.6 is 0 Å². The third-order valence-electron chi connectivity index (χ3n) is 3.64. The highest BCUT2D eigenvalue weighted by molar-refractivity contribution is 5.68. The highest BCUT2D eigenvalue weighted by Crippen LogP contribution is 2.28. The van der Waals surface area contributed by atoms with Gasteiger partial charge in [-0.25, -0.2) is 4.79 Å². The quantitative estimate of drug-likeness (QED) is 0.655. The molecule has 126 valence electrons. The number of carbonyl (C=O) groups excluding carboxylic acids is 1. The Morgan fingerprint density at radius 1 is 1.30 bits per heavy atom. The summed E-state index contributed by atoms with van der Waals surface area (Å²) < 4.78 is 5.21. The van der Waals surface area contributed by atoms with Crippen LogP contribution in [-0.2, 0) is 4.74 Å². The zero-order valence-corrected chi connectivity index (χ0v) is 13.9. The Hall–Kier alpha value is -2.31. The first-order valence-corrected chi connectivity index (χ1v) is 7.65.